The first-order valence-electron chi connectivity index (χ1n) is 6.75. The van der Waals surface area contributed by atoms with E-state index >= 15 is 0 Å². The summed E-state index contributed by atoms with van der Waals surface area (Å²) in [4.78, 5) is 3.98. The maximum atomic E-state index is 6.08. The van der Waals surface area contributed by atoms with Gasteiger partial charge in [-0.05, 0) is 29.7 Å². The van der Waals surface area contributed by atoms with Gasteiger partial charge in [0.05, 0.1) is 11.6 Å². The summed E-state index contributed by atoms with van der Waals surface area (Å²) < 4.78 is 5.49. The van der Waals surface area contributed by atoms with Crippen molar-refractivity contribution < 1.29 is 4.74 Å². The topological polar surface area (TPSA) is 34.1 Å². The highest BCUT2D eigenvalue weighted by Crippen LogP contribution is 2.14. The summed E-state index contributed by atoms with van der Waals surface area (Å²) in [7, 11) is 0. The number of hydrogen-bond donors (Lipinski definition) is 1. The number of halogens is 1. The lowest BCUT2D eigenvalue weighted by atomic mass is 10.1. The van der Waals surface area contributed by atoms with Crippen LogP contribution in [0.3, 0.4) is 0 Å². The molecule has 1 heterocycles. The van der Waals surface area contributed by atoms with Crippen molar-refractivity contribution in [3.63, 3.8) is 0 Å². The molecule has 0 fully saturated rings. The molecule has 0 saturated carbocycles. The Balaban J connectivity index is 1.92. The Morgan fingerprint density at radius 2 is 1.85 bits per heavy atom. The van der Waals surface area contributed by atoms with Gasteiger partial charge in [-0.2, -0.15) is 0 Å². The predicted molar refractivity (Wildman–Crippen MR) is 81.6 cm³/mol. The lowest BCUT2D eigenvalue weighted by Crippen LogP contribution is -2.14. The molecule has 106 valence electrons. The number of ether oxygens (including phenoxy) is 1. The lowest BCUT2D eigenvalue weighted by Gasteiger charge is -2.11. The summed E-state index contributed by atoms with van der Waals surface area (Å²) in [5.74, 6) is 0. The van der Waals surface area contributed by atoms with Crippen molar-refractivity contribution >= 4 is 11.6 Å². The second-order valence-electron chi connectivity index (χ2n) is 4.48. The molecule has 0 aliphatic heterocycles. The van der Waals surface area contributed by atoms with Crippen LogP contribution in [0, 0.1) is 0 Å². The van der Waals surface area contributed by atoms with E-state index in [1.165, 1.54) is 11.1 Å². The molecule has 0 aliphatic carbocycles. The molecule has 0 aliphatic rings. The zero-order valence-corrected chi connectivity index (χ0v) is 12.4. The van der Waals surface area contributed by atoms with Crippen LogP contribution in [0.2, 0.25) is 5.02 Å². The highest BCUT2D eigenvalue weighted by atomic mass is 35.5. The number of hydrogen-bond acceptors (Lipinski definition) is 3. The monoisotopic (exact) mass is 290 g/mol. The second kappa shape index (κ2) is 8.00. The number of pyridine rings is 1. The van der Waals surface area contributed by atoms with Gasteiger partial charge in [0.25, 0.3) is 0 Å². The highest BCUT2D eigenvalue weighted by molar-refractivity contribution is 6.31. The number of nitrogens with zero attached hydrogens (tertiary/aromatic N) is 1. The van der Waals surface area contributed by atoms with Crippen molar-refractivity contribution in [2.75, 3.05) is 6.61 Å². The van der Waals surface area contributed by atoms with E-state index in [9.17, 15) is 0 Å². The molecule has 0 spiro atoms. The van der Waals surface area contributed by atoms with Crippen molar-refractivity contribution in [1.29, 1.82) is 0 Å². The van der Waals surface area contributed by atoms with Crippen LogP contribution in [0.5, 0.6) is 0 Å². The predicted octanol–water partition coefficient (Wildman–Crippen LogP) is 3.56. The van der Waals surface area contributed by atoms with Crippen molar-refractivity contribution in [3.05, 3.63) is 64.4 Å². The van der Waals surface area contributed by atoms with Gasteiger partial charge in [-0.3, -0.25) is 4.98 Å². The van der Waals surface area contributed by atoms with Gasteiger partial charge in [-0.25, -0.2) is 0 Å². The van der Waals surface area contributed by atoms with Crippen LogP contribution in [-0.2, 0) is 24.4 Å². The van der Waals surface area contributed by atoms with E-state index in [2.05, 4.69) is 22.4 Å². The van der Waals surface area contributed by atoms with E-state index in [1.807, 2.05) is 25.1 Å². The Morgan fingerprint density at radius 1 is 1.10 bits per heavy atom. The fourth-order valence-electron chi connectivity index (χ4n) is 1.96. The maximum absolute atomic E-state index is 6.08. The zero-order chi connectivity index (χ0) is 14.2. The maximum Gasteiger partial charge on any atom is 0.0719 e. The van der Waals surface area contributed by atoms with Gasteiger partial charge in [0, 0.05) is 32.1 Å². The molecule has 4 heteroatoms. The molecule has 1 aromatic carbocycles. The molecule has 0 unspecified atom stereocenters. The van der Waals surface area contributed by atoms with Gasteiger partial charge in [0.1, 0.15) is 0 Å². The lowest BCUT2D eigenvalue weighted by molar-refractivity contribution is 0.133. The molecular formula is C16H19ClN2O. The van der Waals surface area contributed by atoms with Gasteiger partial charge in [0.15, 0.2) is 0 Å². The minimum atomic E-state index is 0.657. The third-order valence-corrected chi connectivity index (χ3v) is 3.41. The molecule has 20 heavy (non-hydrogen) atoms. The van der Waals surface area contributed by atoms with E-state index in [4.69, 9.17) is 16.3 Å². The molecule has 0 amide bonds. The summed E-state index contributed by atoms with van der Waals surface area (Å²) in [6.45, 7) is 4.91. The molecule has 0 radical (unpaired) electrons. The van der Waals surface area contributed by atoms with E-state index < -0.39 is 0 Å². The van der Waals surface area contributed by atoms with Crippen LogP contribution >= 0.6 is 11.6 Å². The highest BCUT2D eigenvalue weighted by Gasteiger charge is 2.03. The van der Waals surface area contributed by atoms with Crippen LogP contribution in [0.25, 0.3) is 0 Å². The quantitative estimate of drug-likeness (QED) is 0.846. The van der Waals surface area contributed by atoms with E-state index in [1.54, 1.807) is 12.4 Å². The smallest absolute Gasteiger partial charge is 0.0719 e. The number of rotatable bonds is 7. The van der Waals surface area contributed by atoms with Crippen LogP contribution in [0.4, 0.5) is 0 Å². The van der Waals surface area contributed by atoms with Crippen LogP contribution in [0.1, 0.15) is 23.6 Å². The van der Waals surface area contributed by atoms with Crippen LogP contribution in [-0.4, -0.2) is 11.6 Å². The van der Waals surface area contributed by atoms with Gasteiger partial charge < -0.3 is 10.1 Å². The molecule has 2 aromatic rings. The minimum absolute atomic E-state index is 0.657. The van der Waals surface area contributed by atoms with Crippen LogP contribution in [0.15, 0.2) is 42.7 Å². The van der Waals surface area contributed by atoms with Crippen LogP contribution < -0.4 is 5.32 Å². The Morgan fingerprint density at radius 3 is 2.60 bits per heavy atom. The molecule has 3 nitrogen and oxygen atoms in total. The molecule has 0 bridgehead atoms. The molecule has 1 N–H and O–H groups in total. The molecule has 0 saturated heterocycles. The Hall–Kier alpha value is -1.42. The van der Waals surface area contributed by atoms with Crippen molar-refractivity contribution in [1.82, 2.24) is 10.3 Å². The minimum Gasteiger partial charge on any atom is -0.377 e. The zero-order valence-electron chi connectivity index (χ0n) is 11.6. The Bertz CT molecular complexity index is 546. The molecule has 0 atom stereocenters. The van der Waals surface area contributed by atoms with Gasteiger partial charge >= 0.3 is 0 Å². The molecular weight excluding hydrogens is 272 g/mol. The summed E-state index contributed by atoms with van der Waals surface area (Å²) in [5.41, 5.74) is 3.54. The van der Waals surface area contributed by atoms with Crippen molar-refractivity contribution in [2.24, 2.45) is 0 Å². The van der Waals surface area contributed by atoms with E-state index in [-0.39, 0.29) is 0 Å². The first-order chi connectivity index (χ1) is 9.81. The Labute approximate surface area is 124 Å². The fraction of sp³-hybridized carbons (Fsp3) is 0.312. The van der Waals surface area contributed by atoms with Crippen molar-refractivity contribution in [2.45, 2.75) is 26.6 Å². The van der Waals surface area contributed by atoms with Gasteiger partial charge in [-0.1, -0.05) is 35.9 Å². The Kier molecular flexibility index (Phi) is 5.99. The second-order valence-corrected chi connectivity index (χ2v) is 4.88. The standard InChI is InChI=1S/C16H19ClN2O/c1-2-20-12-15-6-4-3-5-13(15)9-19-10-14-7-8-18-11-16(14)17/h3-8,11,19H,2,9-10,12H2,1H3. The first-order valence-corrected chi connectivity index (χ1v) is 7.12. The number of aromatic nitrogens is 1. The SMILES string of the molecule is CCOCc1ccccc1CNCc1ccncc1Cl. The third kappa shape index (κ3) is 4.30. The first kappa shape index (κ1) is 15.0. The summed E-state index contributed by atoms with van der Waals surface area (Å²) in [5, 5.41) is 4.10. The largest absolute Gasteiger partial charge is 0.377 e. The number of benzene rings is 1. The summed E-state index contributed by atoms with van der Waals surface area (Å²) >= 11 is 6.08. The van der Waals surface area contributed by atoms with Crippen molar-refractivity contribution in [3.8, 4) is 0 Å². The molecule has 2 rings (SSSR count). The fourth-order valence-corrected chi connectivity index (χ4v) is 2.15. The number of nitrogens with one attached hydrogen (secondary N) is 1. The third-order valence-electron chi connectivity index (χ3n) is 3.07. The molecule has 1 aromatic heterocycles. The average molecular weight is 291 g/mol. The normalized spacial score (nSPS) is 10.7. The summed E-state index contributed by atoms with van der Waals surface area (Å²) in [6.07, 6.45) is 3.42. The van der Waals surface area contributed by atoms with Gasteiger partial charge in [-0.15, -0.1) is 0 Å². The summed E-state index contributed by atoms with van der Waals surface area (Å²) in [6, 6.07) is 10.2. The van der Waals surface area contributed by atoms with E-state index in [0.717, 1.165) is 25.3 Å². The van der Waals surface area contributed by atoms with Gasteiger partial charge in [0.2, 0.25) is 0 Å². The van der Waals surface area contributed by atoms with E-state index in [0.29, 0.717) is 11.6 Å². The average Bonchev–Trinajstić information content (AvgIpc) is 2.48.